The summed E-state index contributed by atoms with van der Waals surface area (Å²) in [7, 11) is 1.59. The van der Waals surface area contributed by atoms with E-state index in [1.54, 1.807) is 25.3 Å². The van der Waals surface area contributed by atoms with Gasteiger partial charge in [-0.3, -0.25) is 10.6 Å². The molecule has 0 saturated heterocycles. The average molecular weight is 258 g/mol. The molecular formula is C11H16ClN3O2. The molecule has 0 aliphatic rings. The van der Waals surface area contributed by atoms with E-state index in [4.69, 9.17) is 22.2 Å². The summed E-state index contributed by atoms with van der Waals surface area (Å²) in [6.45, 7) is 2.28. The molecule has 0 heterocycles. The Morgan fingerprint density at radius 1 is 1.59 bits per heavy atom. The summed E-state index contributed by atoms with van der Waals surface area (Å²) in [6, 6.07) is 4.87. The van der Waals surface area contributed by atoms with Crippen LogP contribution in [-0.4, -0.2) is 25.7 Å². The molecular weight excluding hydrogens is 242 g/mol. The second kappa shape index (κ2) is 6.44. The minimum absolute atomic E-state index is 0.0487. The Morgan fingerprint density at radius 2 is 2.29 bits per heavy atom. The molecule has 94 valence electrons. The normalized spacial score (nSPS) is 12.0. The monoisotopic (exact) mass is 257 g/mol. The summed E-state index contributed by atoms with van der Waals surface area (Å²) in [5.41, 5.74) is 3.39. The first-order valence-electron chi connectivity index (χ1n) is 5.15. The van der Waals surface area contributed by atoms with Crippen LogP contribution in [0.3, 0.4) is 0 Å². The van der Waals surface area contributed by atoms with Crippen molar-refractivity contribution in [3.05, 3.63) is 28.8 Å². The molecule has 1 aromatic rings. The zero-order chi connectivity index (χ0) is 12.8. The highest BCUT2D eigenvalue weighted by Crippen LogP contribution is 2.19. The third-order valence-corrected chi connectivity index (χ3v) is 2.57. The molecule has 0 fully saturated rings. The van der Waals surface area contributed by atoms with Gasteiger partial charge in [0.1, 0.15) is 0 Å². The van der Waals surface area contributed by atoms with Crippen LogP contribution in [0, 0.1) is 0 Å². The molecule has 1 unspecified atom stereocenters. The van der Waals surface area contributed by atoms with Gasteiger partial charge in [-0.15, -0.1) is 0 Å². The van der Waals surface area contributed by atoms with E-state index < -0.39 is 0 Å². The van der Waals surface area contributed by atoms with Crippen molar-refractivity contribution >= 4 is 23.2 Å². The van der Waals surface area contributed by atoms with Crippen molar-refractivity contribution in [2.45, 2.75) is 13.0 Å². The van der Waals surface area contributed by atoms with Crippen LogP contribution < -0.4 is 16.6 Å². The SMILES string of the molecule is COC(C)CNC(=O)c1cc(Cl)ccc1NN. The summed E-state index contributed by atoms with van der Waals surface area (Å²) >= 11 is 5.83. The number of hydrazine groups is 1. The van der Waals surface area contributed by atoms with E-state index in [2.05, 4.69) is 10.7 Å². The smallest absolute Gasteiger partial charge is 0.253 e. The third-order valence-electron chi connectivity index (χ3n) is 2.33. The van der Waals surface area contributed by atoms with Crippen molar-refractivity contribution in [3.63, 3.8) is 0 Å². The van der Waals surface area contributed by atoms with Gasteiger partial charge in [-0.1, -0.05) is 11.6 Å². The van der Waals surface area contributed by atoms with Crippen molar-refractivity contribution in [2.75, 3.05) is 19.1 Å². The quantitative estimate of drug-likeness (QED) is 0.550. The molecule has 0 spiro atoms. The van der Waals surface area contributed by atoms with Gasteiger partial charge in [0, 0.05) is 18.7 Å². The number of ether oxygens (including phenoxy) is 1. The van der Waals surface area contributed by atoms with Crippen molar-refractivity contribution in [2.24, 2.45) is 5.84 Å². The van der Waals surface area contributed by atoms with Crippen LogP contribution in [0.2, 0.25) is 5.02 Å². The molecule has 0 bridgehead atoms. The number of methoxy groups -OCH3 is 1. The molecule has 1 atom stereocenters. The minimum Gasteiger partial charge on any atom is -0.380 e. The first-order chi connectivity index (χ1) is 8.08. The number of benzene rings is 1. The molecule has 1 rings (SSSR count). The number of anilines is 1. The van der Waals surface area contributed by atoms with Gasteiger partial charge >= 0.3 is 0 Å². The van der Waals surface area contributed by atoms with E-state index in [1.807, 2.05) is 6.92 Å². The van der Waals surface area contributed by atoms with Gasteiger partial charge in [0.2, 0.25) is 0 Å². The molecule has 0 radical (unpaired) electrons. The molecule has 1 amide bonds. The van der Waals surface area contributed by atoms with E-state index in [1.165, 1.54) is 0 Å². The maximum atomic E-state index is 11.9. The highest BCUT2D eigenvalue weighted by atomic mass is 35.5. The Morgan fingerprint density at radius 3 is 2.88 bits per heavy atom. The lowest BCUT2D eigenvalue weighted by atomic mass is 10.1. The molecule has 1 aromatic carbocycles. The Bertz CT molecular complexity index is 398. The highest BCUT2D eigenvalue weighted by molar-refractivity contribution is 6.31. The highest BCUT2D eigenvalue weighted by Gasteiger charge is 2.12. The number of rotatable bonds is 5. The topological polar surface area (TPSA) is 76.4 Å². The summed E-state index contributed by atoms with van der Waals surface area (Å²) < 4.78 is 5.04. The van der Waals surface area contributed by atoms with E-state index >= 15 is 0 Å². The molecule has 0 saturated carbocycles. The van der Waals surface area contributed by atoms with Crippen LogP contribution in [0.1, 0.15) is 17.3 Å². The fraction of sp³-hybridized carbons (Fsp3) is 0.364. The van der Waals surface area contributed by atoms with E-state index in [-0.39, 0.29) is 12.0 Å². The maximum absolute atomic E-state index is 11.9. The van der Waals surface area contributed by atoms with Crippen LogP contribution >= 0.6 is 11.6 Å². The summed E-state index contributed by atoms with van der Waals surface area (Å²) in [6.07, 6.45) is -0.0487. The second-order valence-corrected chi connectivity index (χ2v) is 4.03. The molecule has 6 heteroatoms. The Labute approximate surface area is 105 Å². The van der Waals surface area contributed by atoms with Gasteiger partial charge in [-0.2, -0.15) is 0 Å². The lowest BCUT2D eigenvalue weighted by Gasteiger charge is -2.13. The van der Waals surface area contributed by atoms with Crippen LogP contribution in [0.25, 0.3) is 0 Å². The number of nitrogen functional groups attached to an aromatic ring is 1. The van der Waals surface area contributed by atoms with Crippen LogP contribution in [0.5, 0.6) is 0 Å². The predicted octanol–water partition coefficient (Wildman–Crippen LogP) is 1.39. The van der Waals surface area contributed by atoms with Gasteiger partial charge < -0.3 is 15.5 Å². The molecule has 17 heavy (non-hydrogen) atoms. The second-order valence-electron chi connectivity index (χ2n) is 3.59. The number of carbonyl (C=O) groups excluding carboxylic acids is 1. The fourth-order valence-corrected chi connectivity index (χ4v) is 1.42. The first-order valence-corrected chi connectivity index (χ1v) is 5.53. The zero-order valence-electron chi connectivity index (χ0n) is 9.79. The lowest BCUT2D eigenvalue weighted by molar-refractivity contribution is 0.0871. The zero-order valence-corrected chi connectivity index (χ0v) is 10.5. The molecule has 4 N–H and O–H groups in total. The number of nitrogens with two attached hydrogens (primary N) is 1. The number of nitrogens with one attached hydrogen (secondary N) is 2. The number of hydrogen-bond donors (Lipinski definition) is 3. The van der Waals surface area contributed by atoms with Crippen molar-refractivity contribution in [3.8, 4) is 0 Å². The maximum Gasteiger partial charge on any atom is 0.253 e. The van der Waals surface area contributed by atoms with E-state index in [0.717, 1.165) is 0 Å². The van der Waals surface area contributed by atoms with Crippen molar-refractivity contribution in [1.82, 2.24) is 5.32 Å². The Hall–Kier alpha value is -1.30. The number of carbonyl (C=O) groups is 1. The minimum atomic E-state index is -0.246. The van der Waals surface area contributed by atoms with Gasteiger partial charge in [0.15, 0.2) is 0 Å². The number of amides is 1. The summed E-state index contributed by atoms with van der Waals surface area (Å²) in [5, 5.41) is 3.21. The van der Waals surface area contributed by atoms with Gasteiger partial charge in [-0.05, 0) is 25.1 Å². The first kappa shape index (κ1) is 13.8. The number of hydrogen-bond acceptors (Lipinski definition) is 4. The summed E-state index contributed by atoms with van der Waals surface area (Å²) in [5.74, 6) is 5.08. The molecule has 0 aromatic heterocycles. The van der Waals surface area contributed by atoms with Crippen LogP contribution in [0.4, 0.5) is 5.69 Å². The van der Waals surface area contributed by atoms with E-state index in [0.29, 0.717) is 22.8 Å². The van der Waals surface area contributed by atoms with Gasteiger partial charge in [0.05, 0.1) is 17.4 Å². The van der Waals surface area contributed by atoms with Gasteiger partial charge in [0.25, 0.3) is 5.91 Å². The van der Waals surface area contributed by atoms with Crippen molar-refractivity contribution < 1.29 is 9.53 Å². The van der Waals surface area contributed by atoms with Crippen LogP contribution in [0.15, 0.2) is 18.2 Å². The molecule has 0 aliphatic heterocycles. The van der Waals surface area contributed by atoms with Gasteiger partial charge in [-0.25, -0.2) is 0 Å². The Balaban J connectivity index is 2.77. The predicted molar refractivity (Wildman–Crippen MR) is 68.1 cm³/mol. The molecule has 5 nitrogen and oxygen atoms in total. The lowest BCUT2D eigenvalue weighted by Crippen LogP contribution is -2.32. The standard InChI is InChI=1S/C11H16ClN3O2/c1-7(17-2)6-14-11(16)9-5-8(12)3-4-10(9)15-13/h3-5,7,15H,6,13H2,1-2H3,(H,14,16). The third kappa shape index (κ3) is 3.89. The Kier molecular flexibility index (Phi) is 5.21. The van der Waals surface area contributed by atoms with Crippen molar-refractivity contribution in [1.29, 1.82) is 0 Å². The largest absolute Gasteiger partial charge is 0.380 e. The van der Waals surface area contributed by atoms with E-state index in [9.17, 15) is 4.79 Å². The molecule has 0 aliphatic carbocycles. The van der Waals surface area contributed by atoms with Crippen LogP contribution in [-0.2, 0) is 4.74 Å². The average Bonchev–Trinajstić information content (AvgIpc) is 2.35. The number of halogens is 1. The summed E-state index contributed by atoms with van der Waals surface area (Å²) in [4.78, 5) is 11.9. The fourth-order valence-electron chi connectivity index (χ4n) is 1.25.